The molecule has 0 radical (unpaired) electrons. The lowest BCUT2D eigenvalue weighted by molar-refractivity contribution is -0.126. The first-order valence-corrected chi connectivity index (χ1v) is 7.98. The van der Waals surface area contributed by atoms with E-state index in [0.29, 0.717) is 30.4 Å². The number of rotatable bonds is 2. The van der Waals surface area contributed by atoms with Gasteiger partial charge in [-0.3, -0.25) is 14.6 Å². The highest BCUT2D eigenvalue weighted by atomic mass is 16.4. The van der Waals surface area contributed by atoms with E-state index < -0.39 is 0 Å². The fourth-order valence-corrected chi connectivity index (χ4v) is 3.23. The quantitative estimate of drug-likeness (QED) is 0.881. The molecule has 2 aromatic rings. The third-order valence-corrected chi connectivity index (χ3v) is 4.53. The van der Waals surface area contributed by atoms with Gasteiger partial charge in [0.05, 0.1) is 11.6 Å². The van der Waals surface area contributed by atoms with Gasteiger partial charge in [0.25, 0.3) is 0 Å². The van der Waals surface area contributed by atoms with Crippen molar-refractivity contribution in [3.63, 3.8) is 0 Å². The summed E-state index contributed by atoms with van der Waals surface area (Å²) in [5.41, 5.74) is 1.99. The van der Waals surface area contributed by atoms with Crippen molar-refractivity contribution in [2.75, 3.05) is 37.6 Å². The lowest BCUT2D eigenvalue weighted by atomic mass is 10.1. The standard InChI is InChI=1S/C17H17N5O2/c18-9-12-2-1-3-13(8-12)14-11-24-17(20-14)22-7-6-21-5-4-19-10-15(21)16(22)23/h1-3,8,11,15,19H,4-7,10H2/t15-/m1/s1. The van der Waals surface area contributed by atoms with E-state index in [2.05, 4.69) is 21.3 Å². The van der Waals surface area contributed by atoms with Crippen molar-refractivity contribution >= 4 is 11.9 Å². The summed E-state index contributed by atoms with van der Waals surface area (Å²) >= 11 is 0. The summed E-state index contributed by atoms with van der Waals surface area (Å²) in [6, 6.07) is 9.45. The molecule has 0 bridgehead atoms. The number of carbonyl (C=O) groups excluding carboxylic acids is 1. The molecule has 2 aliphatic heterocycles. The van der Waals surface area contributed by atoms with Crippen LogP contribution < -0.4 is 10.2 Å². The number of nitriles is 1. The molecule has 0 spiro atoms. The van der Waals surface area contributed by atoms with Crippen molar-refractivity contribution in [2.45, 2.75) is 6.04 Å². The number of aromatic nitrogens is 1. The van der Waals surface area contributed by atoms with Crippen LogP contribution >= 0.6 is 0 Å². The molecule has 7 nitrogen and oxygen atoms in total. The molecule has 1 aromatic carbocycles. The van der Waals surface area contributed by atoms with Crippen LogP contribution in [0.3, 0.4) is 0 Å². The summed E-state index contributed by atoms with van der Waals surface area (Å²) < 4.78 is 5.55. The fourth-order valence-electron chi connectivity index (χ4n) is 3.23. The monoisotopic (exact) mass is 323 g/mol. The maximum Gasteiger partial charge on any atom is 0.304 e. The molecule has 7 heteroatoms. The first-order chi connectivity index (χ1) is 11.8. The largest absolute Gasteiger partial charge is 0.431 e. The molecular weight excluding hydrogens is 306 g/mol. The number of fused-ring (bicyclic) bond motifs is 1. The summed E-state index contributed by atoms with van der Waals surface area (Å²) in [7, 11) is 0. The van der Waals surface area contributed by atoms with Gasteiger partial charge in [0.15, 0.2) is 0 Å². The molecule has 2 fully saturated rings. The number of benzene rings is 1. The zero-order valence-corrected chi connectivity index (χ0v) is 13.1. The van der Waals surface area contributed by atoms with Crippen LogP contribution in [0.2, 0.25) is 0 Å². The molecule has 4 rings (SSSR count). The Hall–Kier alpha value is -2.69. The molecule has 3 heterocycles. The van der Waals surface area contributed by atoms with Gasteiger partial charge in [0.1, 0.15) is 18.0 Å². The number of nitrogens with one attached hydrogen (secondary N) is 1. The average Bonchev–Trinajstić information content (AvgIpc) is 3.12. The van der Waals surface area contributed by atoms with Crippen LogP contribution in [0.25, 0.3) is 11.3 Å². The van der Waals surface area contributed by atoms with Crippen molar-refractivity contribution in [3.8, 4) is 17.3 Å². The summed E-state index contributed by atoms with van der Waals surface area (Å²) in [5, 5.41) is 12.3. The molecule has 1 atom stereocenters. The van der Waals surface area contributed by atoms with Crippen LogP contribution in [0.1, 0.15) is 5.56 Å². The average molecular weight is 323 g/mol. The molecular formula is C17H17N5O2. The predicted molar refractivity (Wildman–Crippen MR) is 87.2 cm³/mol. The van der Waals surface area contributed by atoms with Crippen LogP contribution in [0.4, 0.5) is 6.01 Å². The van der Waals surface area contributed by atoms with Crippen LogP contribution in [-0.4, -0.2) is 54.6 Å². The number of carbonyl (C=O) groups is 1. The van der Waals surface area contributed by atoms with E-state index in [4.69, 9.17) is 9.68 Å². The van der Waals surface area contributed by atoms with E-state index in [1.807, 2.05) is 6.07 Å². The van der Waals surface area contributed by atoms with Crippen molar-refractivity contribution in [1.82, 2.24) is 15.2 Å². The molecule has 1 amide bonds. The Balaban J connectivity index is 1.58. The highest BCUT2D eigenvalue weighted by molar-refractivity contribution is 5.96. The third kappa shape index (κ3) is 2.56. The van der Waals surface area contributed by atoms with Gasteiger partial charge in [-0.25, -0.2) is 0 Å². The number of nitrogens with zero attached hydrogens (tertiary/aromatic N) is 4. The summed E-state index contributed by atoms with van der Waals surface area (Å²) in [5.74, 6) is 0.0209. The van der Waals surface area contributed by atoms with Gasteiger partial charge >= 0.3 is 6.01 Å². The molecule has 2 saturated heterocycles. The van der Waals surface area contributed by atoms with E-state index in [9.17, 15) is 4.79 Å². The van der Waals surface area contributed by atoms with Crippen LogP contribution in [0.5, 0.6) is 0 Å². The molecule has 0 unspecified atom stereocenters. The Morgan fingerprint density at radius 1 is 1.33 bits per heavy atom. The minimum atomic E-state index is -0.148. The molecule has 24 heavy (non-hydrogen) atoms. The van der Waals surface area contributed by atoms with Crippen molar-refractivity contribution in [2.24, 2.45) is 0 Å². The molecule has 122 valence electrons. The Morgan fingerprint density at radius 2 is 2.25 bits per heavy atom. The minimum absolute atomic E-state index is 0.0209. The van der Waals surface area contributed by atoms with Crippen molar-refractivity contribution in [3.05, 3.63) is 36.1 Å². The second-order valence-corrected chi connectivity index (χ2v) is 5.95. The Kier molecular flexibility index (Phi) is 3.76. The van der Waals surface area contributed by atoms with Gasteiger partial charge in [-0.2, -0.15) is 10.2 Å². The maximum absolute atomic E-state index is 12.7. The minimum Gasteiger partial charge on any atom is -0.431 e. The SMILES string of the molecule is N#Cc1cccc(-c2coc(N3CCN4CCNC[C@@H]4C3=O)n2)c1. The smallest absolute Gasteiger partial charge is 0.304 e. The number of piperazine rings is 2. The Bertz CT molecular complexity index is 809. The van der Waals surface area contributed by atoms with E-state index >= 15 is 0 Å². The normalized spacial score (nSPS) is 21.4. The van der Waals surface area contributed by atoms with Gasteiger partial charge in [0.2, 0.25) is 5.91 Å². The van der Waals surface area contributed by atoms with E-state index in [1.54, 1.807) is 23.1 Å². The van der Waals surface area contributed by atoms with Crippen molar-refractivity contribution < 1.29 is 9.21 Å². The number of anilines is 1. The maximum atomic E-state index is 12.7. The topological polar surface area (TPSA) is 85.4 Å². The first-order valence-electron chi connectivity index (χ1n) is 7.98. The van der Waals surface area contributed by atoms with Crippen LogP contribution in [0.15, 0.2) is 34.9 Å². The zero-order chi connectivity index (χ0) is 16.5. The zero-order valence-electron chi connectivity index (χ0n) is 13.1. The number of hydrogen-bond donors (Lipinski definition) is 1. The number of amides is 1. The fraction of sp³-hybridized carbons (Fsp3) is 0.353. The number of oxazole rings is 1. The lowest BCUT2D eigenvalue weighted by Crippen LogP contribution is -2.64. The lowest BCUT2D eigenvalue weighted by Gasteiger charge is -2.41. The summed E-state index contributed by atoms with van der Waals surface area (Å²) in [6.45, 7) is 3.87. The van der Waals surface area contributed by atoms with Gasteiger partial charge in [-0.15, -0.1) is 0 Å². The highest BCUT2D eigenvalue weighted by Crippen LogP contribution is 2.26. The van der Waals surface area contributed by atoms with E-state index in [1.165, 1.54) is 6.26 Å². The van der Waals surface area contributed by atoms with Gasteiger partial charge in [0, 0.05) is 38.3 Å². The van der Waals surface area contributed by atoms with Gasteiger partial charge in [-0.05, 0) is 12.1 Å². The summed E-state index contributed by atoms with van der Waals surface area (Å²) in [4.78, 5) is 21.0. The predicted octanol–water partition coefficient (Wildman–Crippen LogP) is 0.834. The van der Waals surface area contributed by atoms with Crippen LogP contribution in [0, 0.1) is 11.3 Å². The van der Waals surface area contributed by atoms with Crippen LogP contribution in [-0.2, 0) is 4.79 Å². The van der Waals surface area contributed by atoms with E-state index in [0.717, 1.165) is 25.2 Å². The second kappa shape index (κ2) is 6.07. The third-order valence-electron chi connectivity index (χ3n) is 4.53. The number of hydrogen-bond acceptors (Lipinski definition) is 6. The first kappa shape index (κ1) is 14.9. The van der Waals surface area contributed by atoms with Gasteiger partial charge < -0.3 is 9.73 Å². The summed E-state index contributed by atoms with van der Waals surface area (Å²) in [6.07, 6.45) is 1.53. The molecule has 0 saturated carbocycles. The highest BCUT2D eigenvalue weighted by Gasteiger charge is 2.38. The Morgan fingerprint density at radius 3 is 3.12 bits per heavy atom. The molecule has 1 N–H and O–H groups in total. The van der Waals surface area contributed by atoms with E-state index in [-0.39, 0.29) is 11.9 Å². The van der Waals surface area contributed by atoms with Crippen molar-refractivity contribution in [1.29, 1.82) is 5.26 Å². The molecule has 1 aromatic heterocycles. The molecule has 0 aliphatic carbocycles. The van der Waals surface area contributed by atoms with Gasteiger partial charge in [-0.1, -0.05) is 12.1 Å². The second-order valence-electron chi connectivity index (χ2n) is 5.95. The molecule has 2 aliphatic rings. The Labute approximate surface area is 139 Å².